The molecule has 2 N–H and O–H groups in total. The quantitative estimate of drug-likeness (QED) is 0.430. The van der Waals surface area contributed by atoms with Crippen molar-refractivity contribution in [3.8, 4) is 17.1 Å². The Morgan fingerprint density at radius 2 is 2.12 bits per heavy atom. The van der Waals surface area contributed by atoms with Crippen LogP contribution in [-0.2, 0) is 4.74 Å². The molecule has 26 heavy (non-hydrogen) atoms. The summed E-state index contributed by atoms with van der Waals surface area (Å²) in [6.45, 7) is 7.07. The maximum Gasteiger partial charge on any atom is 0.207 e. The predicted molar refractivity (Wildman–Crippen MR) is 98.8 cm³/mol. The number of methoxy groups -OCH3 is 1. The number of Topliss-reactive ketones (excluding diaryl/α,β-unsaturated/α-hetero) is 1. The number of anilines is 1. The molecule has 0 fully saturated rings. The van der Waals surface area contributed by atoms with Gasteiger partial charge in [-0.2, -0.15) is 0 Å². The van der Waals surface area contributed by atoms with E-state index in [-0.39, 0.29) is 52.4 Å². The summed E-state index contributed by atoms with van der Waals surface area (Å²) in [7, 11) is 1.29. The monoisotopic (exact) mass is 377 g/mol. The average Bonchev–Trinajstić information content (AvgIpc) is 2.61. The first kappa shape index (κ1) is 19.6. The van der Waals surface area contributed by atoms with Gasteiger partial charge in [-0.1, -0.05) is 30.3 Å². The zero-order valence-electron chi connectivity index (χ0n) is 14.1. The summed E-state index contributed by atoms with van der Waals surface area (Å²) >= 11 is 5.90. The second-order valence-corrected chi connectivity index (χ2v) is 5.48. The number of hydrogen-bond acceptors (Lipinski definition) is 6. The van der Waals surface area contributed by atoms with Gasteiger partial charge in [-0.05, 0) is 12.1 Å². The van der Waals surface area contributed by atoms with E-state index in [1.807, 2.05) is 0 Å². The first-order chi connectivity index (χ1) is 12.4. The number of nitrogen functional groups attached to an aromatic ring is 1. The molecular formula is C18H17ClFN3O3. The van der Waals surface area contributed by atoms with Gasteiger partial charge in [-0.3, -0.25) is 4.79 Å². The van der Waals surface area contributed by atoms with Crippen LogP contribution < -0.4 is 10.5 Å². The molecule has 0 aliphatic rings. The van der Waals surface area contributed by atoms with Gasteiger partial charge < -0.3 is 15.2 Å². The van der Waals surface area contributed by atoms with Crippen LogP contribution in [-0.4, -0.2) is 36.1 Å². The Labute approximate surface area is 155 Å². The number of halogens is 2. The highest BCUT2D eigenvalue weighted by molar-refractivity contribution is 6.32. The first-order valence-electron chi connectivity index (χ1n) is 7.48. The molecule has 136 valence electrons. The summed E-state index contributed by atoms with van der Waals surface area (Å²) in [4.78, 5) is 20.6. The van der Waals surface area contributed by atoms with E-state index >= 15 is 0 Å². The third kappa shape index (κ3) is 3.89. The maximum absolute atomic E-state index is 14.6. The van der Waals surface area contributed by atoms with Crippen molar-refractivity contribution < 1.29 is 18.7 Å². The van der Waals surface area contributed by atoms with E-state index in [0.29, 0.717) is 0 Å². The van der Waals surface area contributed by atoms with Crippen molar-refractivity contribution in [1.82, 2.24) is 9.97 Å². The lowest BCUT2D eigenvalue weighted by molar-refractivity contribution is 0.0801. The Bertz CT molecular complexity index is 871. The standard InChI is InChI=1S/C18H17ClFN3O3/c1-4-8-26-9-13(24)15-10(5-2)17(21)23-18(22-15)11-6-7-12(19)16(25-3)14(11)20/h4-7H,1-2,8-9H2,3H3,(H2,21,22,23). The van der Waals surface area contributed by atoms with Gasteiger partial charge in [0.15, 0.2) is 17.4 Å². The molecule has 0 aliphatic heterocycles. The minimum Gasteiger partial charge on any atom is -0.492 e. The molecule has 0 saturated heterocycles. The topological polar surface area (TPSA) is 87.3 Å². The second kappa shape index (κ2) is 8.55. The fraction of sp³-hybridized carbons (Fsp3) is 0.167. The maximum atomic E-state index is 14.6. The summed E-state index contributed by atoms with van der Waals surface area (Å²) in [6.07, 6.45) is 2.87. The van der Waals surface area contributed by atoms with Gasteiger partial charge >= 0.3 is 0 Å². The second-order valence-electron chi connectivity index (χ2n) is 5.07. The minimum absolute atomic E-state index is 0.00498. The normalized spacial score (nSPS) is 10.4. The fourth-order valence-electron chi connectivity index (χ4n) is 2.22. The molecule has 0 aliphatic carbocycles. The molecule has 2 aromatic rings. The van der Waals surface area contributed by atoms with E-state index in [4.69, 9.17) is 26.8 Å². The third-order valence-electron chi connectivity index (χ3n) is 3.41. The number of benzene rings is 1. The van der Waals surface area contributed by atoms with E-state index in [1.165, 1.54) is 31.4 Å². The first-order valence-corrected chi connectivity index (χ1v) is 7.86. The molecule has 0 bridgehead atoms. The lowest BCUT2D eigenvalue weighted by atomic mass is 10.1. The molecule has 1 heterocycles. The minimum atomic E-state index is -0.757. The van der Waals surface area contributed by atoms with Gasteiger partial charge in [-0.15, -0.1) is 6.58 Å². The molecule has 1 aromatic heterocycles. The van der Waals surface area contributed by atoms with Crippen molar-refractivity contribution in [2.75, 3.05) is 26.1 Å². The van der Waals surface area contributed by atoms with Gasteiger partial charge in [0, 0.05) is 5.56 Å². The Balaban J connectivity index is 2.57. The number of rotatable bonds is 8. The van der Waals surface area contributed by atoms with Crippen molar-refractivity contribution >= 4 is 29.3 Å². The molecule has 0 atom stereocenters. The van der Waals surface area contributed by atoms with E-state index < -0.39 is 11.6 Å². The Morgan fingerprint density at radius 1 is 1.38 bits per heavy atom. The molecule has 0 spiro atoms. The van der Waals surface area contributed by atoms with Crippen LogP contribution in [0, 0.1) is 5.82 Å². The highest BCUT2D eigenvalue weighted by atomic mass is 35.5. The molecule has 2 rings (SSSR count). The molecule has 0 unspecified atom stereocenters. The number of aromatic nitrogens is 2. The number of ether oxygens (including phenoxy) is 2. The SMILES string of the molecule is C=CCOCC(=O)c1nc(-c2ccc(Cl)c(OC)c2F)nc(N)c1C=C. The highest BCUT2D eigenvalue weighted by Gasteiger charge is 2.21. The van der Waals surface area contributed by atoms with Crippen LogP contribution >= 0.6 is 11.6 Å². The van der Waals surface area contributed by atoms with E-state index in [2.05, 4.69) is 23.1 Å². The number of hydrogen-bond donors (Lipinski definition) is 1. The summed E-state index contributed by atoms with van der Waals surface area (Å²) in [5.74, 6) is -1.44. The smallest absolute Gasteiger partial charge is 0.207 e. The Kier molecular flexibility index (Phi) is 6.43. The average molecular weight is 378 g/mol. The summed E-state index contributed by atoms with van der Waals surface area (Å²) in [5, 5.41) is 0.0959. The molecule has 0 saturated carbocycles. The van der Waals surface area contributed by atoms with E-state index in [1.54, 1.807) is 0 Å². The number of carbonyl (C=O) groups excluding carboxylic acids is 1. The van der Waals surface area contributed by atoms with E-state index in [9.17, 15) is 9.18 Å². The van der Waals surface area contributed by atoms with Crippen LogP contribution in [0.25, 0.3) is 17.5 Å². The third-order valence-corrected chi connectivity index (χ3v) is 3.70. The van der Waals surface area contributed by atoms with E-state index in [0.717, 1.165) is 0 Å². The number of nitrogens with two attached hydrogens (primary N) is 1. The number of ketones is 1. The van der Waals surface area contributed by atoms with Crippen molar-refractivity contribution in [3.63, 3.8) is 0 Å². The van der Waals surface area contributed by atoms with Crippen molar-refractivity contribution in [2.24, 2.45) is 0 Å². The molecule has 0 radical (unpaired) electrons. The van der Waals surface area contributed by atoms with Crippen molar-refractivity contribution in [3.05, 3.63) is 53.5 Å². The van der Waals surface area contributed by atoms with Gasteiger partial charge in [0.05, 0.1) is 24.3 Å². The summed E-state index contributed by atoms with van der Waals surface area (Å²) in [6, 6.07) is 2.82. The van der Waals surface area contributed by atoms with Gasteiger partial charge in [-0.25, -0.2) is 14.4 Å². The fourth-order valence-corrected chi connectivity index (χ4v) is 2.44. The van der Waals surface area contributed by atoms with Crippen LogP contribution in [0.15, 0.2) is 31.4 Å². The Hall–Kier alpha value is -2.77. The lowest BCUT2D eigenvalue weighted by Crippen LogP contribution is -2.16. The molecular weight excluding hydrogens is 361 g/mol. The molecule has 0 amide bonds. The summed E-state index contributed by atoms with van der Waals surface area (Å²) in [5.41, 5.74) is 6.14. The Morgan fingerprint density at radius 3 is 2.73 bits per heavy atom. The summed E-state index contributed by atoms with van der Waals surface area (Å²) < 4.78 is 24.7. The number of nitrogens with zero attached hydrogens (tertiary/aromatic N) is 2. The van der Waals surface area contributed by atoms with Gasteiger partial charge in [0.1, 0.15) is 18.1 Å². The van der Waals surface area contributed by atoms with Gasteiger partial charge in [0.2, 0.25) is 5.78 Å². The largest absolute Gasteiger partial charge is 0.492 e. The zero-order chi connectivity index (χ0) is 19.3. The number of carbonyl (C=O) groups is 1. The van der Waals surface area contributed by atoms with Crippen LogP contribution in [0.1, 0.15) is 16.1 Å². The highest BCUT2D eigenvalue weighted by Crippen LogP contribution is 2.34. The molecule has 8 heteroatoms. The zero-order valence-corrected chi connectivity index (χ0v) is 14.8. The van der Waals surface area contributed by atoms with Crippen molar-refractivity contribution in [1.29, 1.82) is 0 Å². The predicted octanol–water partition coefficient (Wildman–Crippen LogP) is 3.56. The molecule has 6 nitrogen and oxygen atoms in total. The van der Waals surface area contributed by atoms with Crippen LogP contribution in [0.5, 0.6) is 5.75 Å². The van der Waals surface area contributed by atoms with Crippen molar-refractivity contribution in [2.45, 2.75) is 0 Å². The van der Waals surface area contributed by atoms with Crippen LogP contribution in [0.2, 0.25) is 5.02 Å². The van der Waals surface area contributed by atoms with Crippen LogP contribution in [0.3, 0.4) is 0 Å². The van der Waals surface area contributed by atoms with Gasteiger partial charge in [0.25, 0.3) is 0 Å². The molecule has 1 aromatic carbocycles. The van der Waals surface area contributed by atoms with Crippen LogP contribution in [0.4, 0.5) is 10.2 Å². The lowest BCUT2D eigenvalue weighted by Gasteiger charge is -2.12.